The quantitative estimate of drug-likeness (QED) is 0.717. The van der Waals surface area contributed by atoms with E-state index < -0.39 is 0 Å². The molecule has 0 spiro atoms. The van der Waals surface area contributed by atoms with Crippen LogP contribution in [0.4, 0.5) is 5.69 Å². The SMILES string of the molecule is CC(C)C(=O)Nc1cc2ccccc2cc1C(=O)NCCCO. The summed E-state index contributed by atoms with van der Waals surface area (Å²) in [6.07, 6.45) is 0.493. The van der Waals surface area contributed by atoms with Crippen LogP contribution in [0.5, 0.6) is 0 Å². The molecule has 2 rings (SSSR count). The first-order valence-electron chi connectivity index (χ1n) is 7.75. The van der Waals surface area contributed by atoms with Crippen LogP contribution in [0.25, 0.3) is 10.8 Å². The Morgan fingerprint density at radius 1 is 1.13 bits per heavy atom. The second kappa shape index (κ2) is 7.74. The second-order valence-corrected chi connectivity index (χ2v) is 5.72. The standard InChI is InChI=1S/C18H22N2O3/c1-12(2)17(22)20-16-11-14-7-4-3-6-13(14)10-15(16)18(23)19-8-5-9-21/h3-4,6-7,10-12,21H,5,8-9H2,1-2H3,(H,19,23)(H,20,22). The lowest BCUT2D eigenvalue weighted by atomic mass is 10.0. The molecule has 0 radical (unpaired) electrons. The van der Waals surface area contributed by atoms with Crippen molar-refractivity contribution in [2.75, 3.05) is 18.5 Å². The largest absolute Gasteiger partial charge is 0.396 e. The molecule has 0 aromatic heterocycles. The van der Waals surface area contributed by atoms with E-state index in [9.17, 15) is 9.59 Å². The summed E-state index contributed by atoms with van der Waals surface area (Å²) in [4.78, 5) is 24.4. The molecule has 0 unspecified atom stereocenters. The van der Waals surface area contributed by atoms with Gasteiger partial charge in [-0.3, -0.25) is 9.59 Å². The molecular weight excluding hydrogens is 292 g/mol. The molecule has 0 bridgehead atoms. The minimum absolute atomic E-state index is 0.0228. The Hall–Kier alpha value is -2.40. The van der Waals surface area contributed by atoms with Gasteiger partial charge in [-0.25, -0.2) is 0 Å². The first-order valence-corrected chi connectivity index (χ1v) is 7.75. The fourth-order valence-corrected chi connectivity index (χ4v) is 2.18. The highest BCUT2D eigenvalue weighted by atomic mass is 16.3. The summed E-state index contributed by atoms with van der Waals surface area (Å²) < 4.78 is 0. The molecule has 0 saturated carbocycles. The number of fused-ring (bicyclic) bond motifs is 1. The van der Waals surface area contributed by atoms with Gasteiger partial charge in [0.25, 0.3) is 5.91 Å². The van der Waals surface area contributed by atoms with E-state index in [1.54, 1.807) is 19.9 Å². The van der Waals surface area contributed by atoms with E-state index in [0.717, 1.165) is 10.8 Å². The molecule has 5 nitrogen and oxygen atoms in total. The molecule has 122 valence electrons. The third kappa shape index (κ3) is 4.29. The van der Waals surface area contributed by atoms with Crippen LogP contribution in [0.1, 0.15) is 30.6 Å². The Morgan fingerprint density at radius 2 is 1.78 bits per heavy atom. The highest BCUT2D eigenvalue weighted by molar-refractivity contribution is 6.08. The average Bonchev–Trinajstić information content (AvgIpc) is 2.54. The third-order valence-corrected chi connectivity index (χ3v) is 3.53. The maximum Gasteiger partial charge on any atom is 0.253 e. The summed E-state index contributed by atoms with van der Waals surface area (Å²) in [7, 11) is 0. The fraction of sp³-hybridized carbons (Fsp3) is 0.333. The predicted molar refractivity (Wildman–Crippen MR) is 91.5 cm³/mol. The number of rotatable bonds is 6. The smallest absolute Gasteiger partial charge is 0.253 e. The maximum atomic E-state index is 12.4. The lowest BCUT2D eigenvalue weighted by molar-refractivity contribution is -0.118. The molecule has 0 aliphatic rings. The van der Waals surface area contributed by atoms with Gasteiger partial charge in [0.1, 0.15) is 0 Å². The number of amides is 2. The molecule has 23 heavy (non-hydrogen) atoms. The molecule has 0 atom stereocenters. The number of carbonyl (C=O) groups excluding carboxylic acids is 2. The molecule has 3 N–H and O–H groups in total. The van der Waals surface area contributed by atoms with Crippen LogP contribution in [-0.4, -0.2) is 30.1 Å². The van der Waals surface area contributed by atoms with Gasteiger partial charge in [0.2, 0.25) is 5.91 Å². The number of hydrogen-bond acceptors (Lipinski definition) is 3. The number of aliphatic hydroxyl groups excluding tert-OH is 1. The van der Waals surface area contributed by atoms with E-state index in [-0.39, 0.29) is 24.3 Å². The Balaban J connectivity index is 2.37. The predicted octanol–water partition coefficient (Wildman–Crippen LogP) is 2.55. The number of nitrogens with one attached hydrogen (secondary N) is 2. The van der Waals surface area contributed by atoms with Gasteiger partial charge in [-0.1, -0.05) is 38.1 Å². The molecule has 0 aliphatic carbocycles. The van der Waals surface area contributed by atoms with Crippen LogP contribution in [0.2, 0.25) is 0 Å². The summed E-state index contributed by atoms with van der Waals surface area (Å²) in [5.41, 5.74) is 0.930. The number of benzene rings is 2. The Labute approximate surface area is 135 Å². The summed E-state index contributed by atoms with van der Waals surface area (Å²) in [5, 5.41) is 16.3. The Morgan fingerprint density at radius 3 is 2.39 bits per heavy atom. The van der Waals surface area contributed by atoms with Crippen LogP contribution < -0.4 is 10.6 Å². The fourth-order valence-electron chi connectivity index (χ4n) is 2.18. The summed E-state index contributed by atoms with van der Waals surface area (Å²) in [5.74, 6) is -0.570. The number of aliphatic hydroxyl groups is 1. The zero-order valence-electron chi connectivity index (χ0n) is 13.4. The normalized spacial score (nSPS) is 10.8. The van der Waals surface area contributed by atoms with Gasteiger partial charge in [0.05, 0.1) is 11.3 Å². The Bertz CT molecular complexity index is 710. The molecule has 2 aromatic carbocycles. The van der Waals surface area contributed by atoms with Crippen molar-refractivity contribution >= 4 is 28.3 Å². The van der Waals surface area contributed by atoms with Crippen molar-refractivity contribution in [3.05, 3.63) is 42.0 Å². The van der Waals surface area contributed by atoms with Gasteiger partial charge < -0.3 is 15.7 Å². The zero-order valence-corrected chi connectivity index (χ0v) is 13.4. The van der Waals surface area contributed by atoms with Crippen molar-refractivity contribution in [2.45, 2.75) is 20.3 Å². The van der Waals surface area contributed by atoms with Gasteiger partial charge >= 0.3 is 0 Å². The summed E-state index contributed by atoms with van der Waals surface area (Å²) in [6, 6.07) is 11.3. The van der Waals surface area contributed by atoms with E-state index in [1.807, 2.05) is 30.3 Å². The van der Waals surface area contributed by atoms with E-state index in [1.165, 1.54) is 0 Å². The minimum atomic E-state index is -0.261. The lowest BCUT2D eigenvalue weighted by Gasteiger charge is -2.14. The van der Waals surface area contributed by atoms with Crippen LogP contribution in [-0.2, 0) is 4.79 Å². The van der Waals surface area contributed by atoms with Crippen LogP contribution >= 0.6 is 0 Å². The summed E-state index contributed by atoms with van der Waals surface area (Å²) in [6.45, 7) is 4.02. The van der Waals surface area contributed by atoms with Gasteiger partial charge in [-0.05, 0) is 29.3 Å². The molecule has 0 aliphatic heterocycles. The van der Waals surface area contributed by atoms with Gasteiger partial charge in [-0.2, -0.15) is 0 Å². The second-order valence-electron chi connectivity index (χ2n) is 5.72. The van der Waals surface area contributed by atoms with Crippen LogP contribution in [0.3, 0.4) is 0 Å². The molecule has 2 aromatic rings. The van der Waals surface area contributed by atoms with Crippen molar-refractivity contribution in [2.24, 2.45) is 5.92 Å². The van der Waals surface area contributed by atoms with Crippen molar-refractivity contribution in [1.29, 1.82) is 0 Å². The lowest BCUT2D eigenvalue weighted by Crippen LogP contribution is -2.27. The van der Waals surface area contributed by atoms with Crippen molar-refractivity contribution < 1.29 is 14.7 Å². The van der Waals surface area contributed by atoms with E-state index >= 15 is 0 Å². The third-order valence-electron chi connectivity index (χ3n) is 3.53. The zero-order chi connectivity index (χ0) is 16.8. The summed E-state index contributed by atoms with van der Waals surface area (Å²) >= 11 is 0. The number of anilines is 1. The number of carbonyl (C=O) groups is 2. The monoisotopic (exact) mass is 314 g/mol. The van der Waals surface area contributed by atoms with Crippen LogP contribution in [0, 0.1) is 5.92 Å². The van der Waals surface area contributed by atoms with Gasteiger partial charge in [-0.15, -0.1) is 0 Å². The van der Waals surface area contributed by atoms with E-state index in [2.05, 4.69) is 10.6 Å². The maximum absolute atomic E-state index is 12.4. The Kier molecular flexibility index (Phi) is 5.71. The van der Waals surface area contributed by atoms with Gasteiger partial charge in [0, 0.05) is 19.1 Å². The van der Waals surface area contributed by atoms with Crippen LogP contribution in [0.15, 0.2) is 36.4 Å². The van der Waals surface area contributed by atoms with Crippen molar-refractivity contribution in [1.82, 2.24) is 5.32 Å². The molecule has 0 saturated heterocycles. The topological polar surface area (TPSA) is 78.4 Å². The van der Waals surface area contributed by atoms with Crippen molar-refractivity contribution in [3.8, 4) is 0 Å². The molecular formula is C18H22N2O3. The van der Waals surface area contributed by atoms with Crippen molar-refractivity contribution in [3.63, 3.8) is 0 Å². The van der Waals surface area contributed by atoms with Gasteiger partial charge in [0.15, 0.2) is 0 Å². The number of hydrogen-bond donors (Lipinski definition) is 3. The van der Waals surface area contributed by atoms with E-state index in [0.29, 0.717) is 24.2 Å². The molecule has 0 fully saturated rings. The highest BCUT2D eigenvalue weighted by Crippen LogP contribution is 2.24. The highest BCUT2D eigenvalue weighted by Gasteiger charge is 2.16. The molecule has 5 heteroatoms. The average molecular weight is 314 g/mol. The minimum Gasteiger partial charge on any atom is -0.396 e. The molecule has 2 amide bonds. The van der Waals surface area contributed by atoms with E-state index in [4.69, 9.17) is 5.11 Å². The first-order chi connectivity index (χ1) is 11.0. The molecule has 0 heterocycles. The first kappa shape index (κ1) is 17.0.